The largest absolute Gasteiger partial charge is 0.467 e. The Bertz CT molecular complexity index is 274. The number of ether oxygens (including phenoxy) is 1. The van der Waals surface area contributed by atoms with Gasteiger partial charge in [-0.05, 0) is 12.8 Å². The van der Waals surface area contributed by atoms with E-state index in [1.165, 1.54) is 7.11 Å². The Labute approximate surface area is 94.1 Å². The van der Waals surface area contributed by atoms with E-state index < -0.39 is 17.6 Å². The molecule has 16 heavy (non-hydrogen) atoms. The first-order valence-electron chi connectivity index (χ1n) is 5.33. The van der Waals surface area contributed by atoms with E-state index in [9.17, 15) is 14.7 Å². The molecule has 1 aliphatic rings. The van der Waals surface area contributed by atoms with Crippen LogP contribution in [-0.4, -0.2) is 42.3 Å². The van der Waals surface area contributed by atoms with Crippen LogP contribution >= 0.6 is 0 Å². The molecule has 0 spiro atoms. The maximum atomic E-state index is 11.7. The maximum absolute atomic E-state index is 11.7. The van der Waals surface area contributed by atoms with Crippen LogP contribution in [0.5, 0.6) is 0 Å². The van der Waals surface area contributed by atoms with E-state index in [0.717, 1.165) is 12.8 Å². The highest BCUT2D eigenvalue weighted by atomic mass is 16.5. The topological polar surface area (TPSA) is 102 Å². The number of carbonyl (C=O) groups excluding carboxylic acids is 2. The summed E-state index contributed by atoms with van der Waals surface area (Å²) in [5.74, 6) is -1.08. The van der Waals surface area contributed by atoms with Gasteiger partial charge in [-0.3, -0.25) is 4.79 Å². The second kappa shape index (κ2) is 5.27. The second-order valence-corrected chi connectivity index (χ2v) is 4.11. The smallest absolute Gasteiger partial charge is 0.336 e. The first kappa shape index (κ1) is 12.9. The minimum Gasteiger partial charge on any atom is -0.467 e. The van der Waals surface area contributed by atoms with Gasteiger partial charge in [0.15, 0.2) is 6.10 Å². The molecule has 0 radical (unpaired) electrons. The maximum Gasteiger partial charge on any atom is 0.336 e. The van der Waals surface area contributed by atoms with Crippen LogP contribution in [0.25, 0.3) is 0 Å². The fraction of sp³-hybridized carbons (Fsp3) is 0.800. The van der Waals surface area contributed by atoms with E-state index in [1.807, 2.05) is 0 Å². The molecule has 0 aromatic rings. The molecule has 0 bridgehead atoms. The summed E-state index contributed by atoms with van der Waals surface area (Å²) in [7, 11) is 1.18. The predicted molar refractivity (Wildman–Crippen MR) is 56.4 cm³/mol. The van der Waals surface area contributed by atoms with E-state index in [1.54, 1.807) is 0 Å². The van der Waals surface area contributed by atoms with Crippen molar-refractivity contribution in [1.29, 1.82) is 0 Å². The summed E-state index contributed by atoms with van der Waals surface area (Å²) in [5.41, 5.74) is 5.05. The molecule has 1 atom stereocenters. The molecule has 4 N–H and O–H groups in total. The van der Waals surface area contributed by atoms with Gasteiger partial charge in [-0.25, -0.2) is 4.79 Å². The summed E-state index contributed by atoms with van der Waals surface area (Å²) in [4.78, 5) is 22.6. The van der Waals surface area contributed by atoms with Crippen molar-refractivity contribution in [2.75, 3.05) is 13.7 Å². The normalized spacial score (nSPS) is 20.2. The molecule has 0 aliphatic heterocycles. The summed E-state index contributed by atoms with van der Waals surface area (Å²) in [6, 6.07) is 0. The van der Waals surface area contributed by atoms with E-state index in [0.29, 0.717) is 12.8 Å². The molecule has 1 amide bonds. The molecule has 1 rings (SSSR count). The van der Waals surface area contributed by atoms with Crippen LogP contribution in [0.1, 0.15) is 25.7 Å². The highest BCUT2D eigenvalue weighted by Crippen LogP contribution is 2.27. The monoisotopic (exact) mass is 230 g/mol. The minimum absolute atomic E-state index is 0.162. The van der Waals surface area contributed by atoms with Crippen molar-refractivity contribution in [2.45, 2.75) is 37.3 Å². The molecule has 6 nitrogen and oxygen atoms in total. The summed E-state index contributed by atoms with van der Waals surface area (Å²) in [5, 5.41) is 11.7. The quantitative estimate of drug-likeness (QED) is 0.532. The van der Waals surface area contributed by atoms with Crippen molar-refractivity contribution in [2.24, 2.45) is 5.73 Å². The number of hydrogen-bond acceptors (Lipinski definition) is 5. The van der Waals surface area contributed by atoms with Gasteiger partial charge in [-0.1, -0.05) is 12.8 Å². The minimum atomic E-state index is -1.33. The number of hydrogen-bond donors (Lipinski definition) is 3. The summed E-state index contributed by atoms with van der Waals surface area (Å²) >= 11 is 0. The van der Waals surface area contributed by atoms with Gasteiger partial charge in [0, 0.05) is 0 Å². The van der Waals surface area contributed by atoms with Gasteiger partial charge in [-0.15, -0.1) is 0 Å². The Balaban J connectivity index is 2.37. The van der Waals surface area contributed by atoms with Gasteiger partial charge in [0.25, 0.3) is 0 Å². The highest BCUT2D eigenvalue weighted by molar-refractivity contribution is 5.87. The van der Waals surface area contributed by atoms with E-state index >= 15 is 0 Å². The fourth-order valence-corrected chi connectivity index (χ4v) is 1.82. The van der Waals surface area contributed by atoms with E-state index in [2.05, 4.69) is 10.1 Å². The third kappa shape index (κ3) is 2.93. The number of rotatable bonds is 4. The van der Waals surface area contributed by atoms with Gasteiger partial charge in [0.2, 0.25) is 5.91 Å². The summed E-state index contributed by atoms with van der Waals surface area (Å²) in [6.45, 7) is -0.162. The van der Waals surface area contributed by atoms with Crippen molar-refractivity contribution in [3.05, 3.63) is 0 Å². The molecule has 1 saturated carbocycles. The summed E-state index contributed by atoms with van der Waals surface area (Å²) in [6.07, 6.45) is 1.83. The zero-order chi connectivity index (χ0) is 12.2. The lowest BCUT2D eigenvalue weighted by atomic mass is 9.98. The van der Waals surface area contributed by atoms with Crippen molar-refractivity contribution in [3.63, 3.8) is 0 Å². The molecule has 0 aromatic heterocycles. The molecule has 0 aromatic carbocycles. The number of methoxy groups -OCH3 is 1. The number of carbonyl (C=O) groups is 2. The van der Waals surface area contributed by atoms with E-state index in [4.69, 9.17) is 5.73 Å². The Morgan fingerprint density at radius 3 is 2.56 bits per heavy atom. The zero-order valence-electron chi connectivity index (χ0n) is 9.36. The number of esters is 1. The molecule has 1 aliphatic carbocycles. The molecule has 0 heterocycles. The first-order chi connectivity index (χ1) is 7.49. The summed E-state index contributed by atoms with van der Waals surface area (Å²) < 4.78 is 4.32. The Morgan fingerprint density at radius 2 is 2.06 bits per heavy atom. The van der Waals surface area contributed by atoms with Crippen molar-refractivity contribution >= 4 is 11.9 Å². The third-order valence-corrected chi connectivity index (χ3v) is 2.88. The molecule has 0 saturated heterocycles. The SMILES string of the molecule is COC(=O)C(O)CNC(=O)C1(N)CCCC1. The van der Waals surface area contributed by atoms with Gasteiger partial charge in [0.1, 0.15) is 0 Å². The number of amides is 1. The van der Waals surface area contributed by atoms with Crippen LogP contribution in [-0.2, 0) is 14.3 Å². The van der Waals surface area contributed by atoms with Crippen molar-refractivity contribution in [3.8, 4) is 0 Å². The van der Waals surface area contributed by atoms with Crippen molar-refractivity contribution in [1.82, 2.24) is 5.32 Å². The molecular formula is C10H18N2O4. The molecule has 6 heteroatoms. The van der Waals surface area contributed by atoms with Crippen LogP contribution in [0.2, 0.25) is 0 Å². The first-order valence-corrected chi connectivity index (χ1v) is 5.33. The van der Waals surface area contributed by atoms with E-state index in [-0.39, 0.29) is 12.5 Å². The highest BCUT2D eigenvalue weighted by Gasteiger charge is 2.37. The number of aliphatic hydroxyl groups is 1. The Kier molecular flexibility index (Phi) is 4.26. The number of nitrogens with two attached hydrogens (primary N) is 1. The average molecular weight is 230 g/mol. The standard InChI is InChI=1S/C10H18N2O4/c1-16-8(14)7(13)6-12-9(15)10(11)4-2-3-5-10/h7,13H,2-6,11H2,1H3,(H,12,15). The van der Waals surface area contributed by atoms with Crippen molar-refractivity contribution < 1.29 is 19.4 Å². The lowest BCUT2D eigenvalue weighted by Crippen LogP contribution is -2.53. The number of nitrogens with one attached hydrogen (secondary N) is 1. The van der Waals surface area contributed by atoms with Crippen LogP contribution < -0.4 is 11.1 Å². The van der Waals surface area contributed by atoms with Gasteiger partial charge < -0.3 is 20.9 Å². The fourth-order valence-electron chi connectivity index (χ4n) is 1.82. The van der Waals surface area contributed by atoms with Crippen LogP contribution in [0, 0.1) is 0 Å². The van der Waals surface area contributed by atoms with Gasteiger partial charge >= 0.3 is 5.97 Å². The second-order valence-electron chi connectivity index (χ2n) is 4.11. The van der Waals surface area contributed by atoms with Crippen LogP contribution in [0.15, 0.2) is 0 Å². The molecule has 1 unspecified atom stereocenters. The lowest BCUT2D eigenvalue weighted by Gasteiger charge is -2.22. The third-order valence-electron chi connectivity index (χ3n) is 2.88. The predicted octanol–water partition coefficient (Wildman–Crippen LogP) is -1.09. The zero-order valence-corrected chi connectivity index (χ0v) is 9.36. The van der Waals surface area contributed by atoms with Crippen LogP contribution in [0.3, 0.4) is 0 Å². The molecule has 92 valence electrons. The molecular weight excluding hydrogens is 212 g/mol. The average Bonchev–Trinajstić information content (AvgIpc) is 2.72. The Hall–Kier alpha value is -1.14. The lowest BCUT2D eigenvalue weighted by molar-refractivity contribution is -0.150. The van der Waals surface area contributed by atoms with Gasteiger partial charge in [0.05, 0.1) is 19.2 Å². The Morgan fingerprint density at radius 1 is 1.50 bits per heavy atom. The number of aliphatic hydroxyl groups excluding tert-OH is 1. The molecule has 1 fully saturated rings. The van der Waals surface area contributed by atoms with Crippen LogP contribution in [0.4, 0.5) is 0 Å². The van der Waals surface area contributed by atoms with Gasteiger partial charge in [-0.2, -0.15) is 0 Å².